The number of halogens is 1. The highest BCUT2D eigenvalue weighted by Gasteiger charge is 2.20. The van der Waals surface area contributed by atoms with E-state index < -0.39 is 6.10 Å². The maximum absolute atomic E-state index is 11.5. The monoisotopic (exact) mass is 447 g/mol. The fraction of sp³-hybridized carbons (Fsp3) is 0.409. The molecule has 0 aliphatic heterocycles. The maximum Gasteiger partial charge on any atom is 0.344 e. The number of hydrogen-bond donors (Lipinski definition) is 2. The molecule has 1 aromatic heterocycles. The number of aromatic nitrogens is 2. The largest absolute Gasteiger partial charge is 0.482 e. The molecule has 1 unspecified atom stereocenters. The first kappa shape index (κ1) is 23.0. The molecule has 2 aromatic carbocycles. The van der Waals surface area contributed by atoms with Crippen LogP contribution >= 0.6 is 12.4 Å². The van der Waals surface area contributed by atoms with E-state index in [1.165, 1.54) is 11.1 Å². The first-order chi connectivity index (χ1) is 14.6. The van der Waals surface area contributed by atoms with Gasteiger partial charge in [0.25, 0.3) is 0 Å². The molecule has 4 rings (SSSR count). The number of aliphatic hydroxyl groups excluding tert-OH is 1. The lowest BCUT2D eigenvalue weighted by atomic mass is 9.88. The number of nitrogens with zero attached hydrogens (tertiary/aromatic N) is 2. The zero-order chi connectivity index (χ0) is 20.9. The number of hydrogen-bond acceptors (Lipinski definition) is 8. The van der Waals surface area contributed by atoms with E-state index in [2.05, 4.69) is 21.7 Å². The van der Waals surface area contributed by atoms with Crippen molar-refractivity contribution in [1.82, 2.24) is 15.6 Å². The van der Waals surface area contributed by atoms with Crippen molar-refractivity contribution in [2.24, 2.45) is 0 Å². The lowest BCUT2D eigenvalue weighted by molar-refractivity contribution is -0.145. The third kappa shape index (κ3) is 5.72. The summed E-state index contributed by atoms with van der Waals surface area (Å²) in [5.41, 5.74) is 4.57. The highest BCUT2D eigenvalue weighted by atomic mass is 35.5. The Hall–Kier alpha value is -2.68. The Morgan fingerprint density at radius 1 is 1.23 bits per heavy atom. The van der Waals surface area contributed by atoms with E-state index in [1.807, 2.05) is 18.2 Å². The molecule has 0 spiro atoms. The van der Waals surface area contributed by atoms with Crippen LogP contribution in [0.15, 0.2) is 41.0 Å². The number of esters is 1. The lowest BCUT2D eigenvalue weighted by Gasteiger charge is -2.27. The normalized spacial score (nSPS) is 16.3. The molecular formula is C22H26ClN3O5. The van der Waals surface area contributed by atoms with Crippen molar-refractivity contribution in [3.63, 3.8) is 0 Å². The van der Waals surface area contributed by atoms with Crippen LogP contribution in [0.2, 0.25) is 0 Å². The first-order valence-electron chi connectivity index (χ1n) is 10.2. The van der Waals surface area contributed by atoms with Gasteiger partial charge in [0.2, 0.25) is 0 Å². The van der Waals surface area contributed by atoms with Crippen LogP contribution in [-0.2, 0) is 22.4 Å². The van der Waals surface area contributed by atoms with Gasteiger partial charge in [-0.3, -0.25) is 0 Å². The molecule has 31 heavy (non-hydrogen) atoms. The van der Waals surface area contributed by atoms with Gasteiger partial charge in [-0.25, -0.2) is 9.42 Å². The predicted octanol–water partition coefficient (Wildman–Crippen LogP) is 2.77. The zero-order valence-corrected chi connectivity index (χ0v) is 18.1. The molecule has 1 heterocycles. The smallest absolute Gasteiger partial charge is 0.344 e. The van der Waals surface area contributed by atoms with Crippen LogP contribution in [-0.4, -0.2) is 47.2 Å². The maximum atomic E-state index is 11.5. The van der Waals surface area contributed by atoms with Crippen LogP contribution in [0.1, 0.15) is 36.1 Å². The minimum atomic E-state index is -0.647. The van der Waals surface area contributed by atoms with Crippen molar-refractivity contribution in [3.8, 4) is 5.75 Å². The molecular weight excluding hydrogens is 422 g/mol. The Balaban J connectivity index is 0.00000272. The fourth-order valence-corrected chi connectivity index (χ4v) is 3.74. The van der Waals surface area contributed by atoms with Gasteiger partial charge in [-0.1, -0.05) is 12.1 Å². The van der Waals surface area contributed by atoms with Gasteiger partial charge < -0.3 is 19.9 Å². The molecule has 0 bridgehead atoms. The SMILES string of the molecule is CCOC(=O)COc1ccc2c(c1)CC(NC[C@@H](O)c1ccc3nonc3c1)CC2.Cl. The molecule has 9 heteroatoms. The van der Waals surface area contributed by atoms with Crippen molar-refractivity contribution in [2.45, 2.75) is 38.3 Å². The Kier molecular flexibility index (Phi) is 7.84. The van der Waals surface area contributed by atoms with Gasteiger partial charge in [-0.05, 0) is 77.5 Å². The predicted molar refractivity (Wildman–Crippen MR) is 116 cm³/mol. The summed E-state index contributed by atoms with van der Waals surface area (Å²) in [4.78, 5) is 11.5. The molecule has 0 amide bonds. The number of carbonyl (C=O) groups excluding carboxylic acids is 1. The van der Waals surface area contributed by atoms with Gasteiger partial charge in [-0.15, -0.1) is 12.4 Å². The second-order valence-corrected chi connectivity index (χ2v) is 7.40. The van der Waals surface area contributed by atoms with Crippen molar-refractivity contribution < 1.29 is 24.0 Å². The number of carbonyl (C=O) groups is 1. The molecule has 2 N–H and O–H groups in total. The van der Waals surface area contributed by atoms with E-state index in [9.17, 15) is 9.90 Å². The number of ether oxygens (including phenoxy) is 2. The van der Waals surface area contributed by atoms with E-state index in [0.29, 0.717) is 29.9 Å². The molecule has 0 saturated carbocycles. The molecule has 0 fully saturated rings. The average Bonchev–Trinajstić information content (AvgIpc) is 3.24. The van der Waals surface area contributed by atoms with Crippen LogP contribution in [0.3, 0.4) is 0 Å². The highest BCUT2D eigenvalue weighted by Crippen LogP contribution is 2.26. The van der Waals surface area contributed by atoms with Crippen molar-refractivity contribution in [2.75, 3.05) is 19.8 Å². The quantitative estimate of drug-likeness (QED) is 0.507. The summed E-state index contributed by atoms with van der Waals surface area (Å²) in [6, 6.07) is 11.6. The van der Waals surface area contributed by atoms with E-state index in [-0.39, 0.29) is 31.0 Å². The lowest BCUT2D eigenvalue weighted by Crippen LogP contribution is -2.37. The Labute approximate surface area is 186 Å². The fourth-order valence-electron chi connectivity index (χ4n) is 3.74. The number of aryl methyl sites for hydroxylation is 1. The van der Waals surface area contributed by atoms with E-state index >= 15 is 0 Å². The molecule has 1 aliphatic carbocycles. The summed E-state index contributed by atoms with van der Waals surface area (Å²) in [7, 11) is 0. The van der Waals surface area contributed by atoms with Crippen LogP contribution in [0.4, 0.5) is 0 Å². The average molecular weight is 448 g/mol. The van der Waals surface area contributed by atoms with Crippen LogP contribution in [0.25, 0.3) is 11.0 Å². The third-order valence-electron chi connectivity index (χ3n) is 5.33. The van der Waals surface area contributed by atoms with Gasteiger partial charge >= 0.3 is 5.97 Å². The number of aliphatic hydroxyl groups is 1. The van der Waals surface area contributed by atoms with Gasteiger partial charge in [0.05, 0.1) is 12.7 Å². The number of benzene rings is 2. The topological polar surface area (TPSA) is 107 Å². The zero-order valence-electron chi connectivity index (χ0n) is 17.2. The summed E-state index contributed by atoms with van der Waals surface area (Å²) in [5, 5.41) is 21.6. The molecule has 1 aliphatic rings. The summed E-state index contributed by atoms with van der Waals surface area (Å²) < 4.78 is 15.2. The summed E-state index contributed by atoms with van der Waals surface area (Å²) in [5.74, 6) is 0.292. The van der Waals surface area contributed by atoms with Crippen molar-refractivity contribution >= 4 is 29.4 Å². The standard InChI is InChI=1S/C22H25N3O5.ClH/c1-2-28-22(27)13-29-18-7-4-14-3-6-17(9-16(14)10-18)23-12-21(26)15-5-8-19-20(11-15)25-30-24-19;/h4-5,7-8,10-11,17,21,23,26H,2-3,6,9,12-13H2,1H3;1H/t17?,21-;/m1./s1. The van der Waals surface area contributed by atoms with Crippen molar-refractivity contribution in [3.05, 3.63) is 53.1 Å². The van der Waals surface area contributed by atoms with Crippen LogP contribution in [0, 0.1) is 0 Å². The number of rotatable bonds is 8. The Bertz CT molecular complexity index is 1030. The highest BCUT2D eigenvalue weighted by molar-refractivity contribution is 5.85. The van der Waals surface area contributed by atoms with Gasteiger partial charge in [-0.2, -0.15) is 0 Å². The minimum Gasteiger partial charge on any atom is -0.482 e. The van der Waals surface area contributed by atoms with Gasteiger partial charge in [0.1, 0.15) is 16.8 Å². The molecule has 166 valence electrons. The molecule has 8 nitrogen and oxygen atoms in total. The van der Waals surface area contributed by atoms with E-state index in [4.69, 9.17) is 14.1 Å². The third-order valence-corrected chi connectivity index (χ3v) is 5.33. The summed E-state index contributed by atoms with van der Waals surface area (Å²) >= 11 is 0. The Morgan fingerprint density at radius 3 is 2.90 bits per heavy atom. The van der Waals surface area contributed by atoms with Crippen molar-refractivity contribution in [1.29, 1.82) is 0 Å². The van der Waals surface area contributed by atoms with E-state index in [0.717, 1.165) is 24.8 Å². The second kappa shape index (κ2) is 10.6. The summed E-state index contributed by atoms with van der Waals surface area (Å²) in [6.45, 7) is 2.46. The molecule has 3 aromatic rings. The van der Waals surface area contributed by atoms with E-state index in [1.54, 1.807) is 19.1 Å². The van der Waals surface area contributed by atoms with Gasteiger partial charge in [0.15, 0.2) is 6.61 Å². The second-order valence-electron chi connectivity index (χ2n) is 7.40. The van der Waals surface area contributed by atoms with Gasteiger partial charge in [0, 0.05) is 12.6 Å². The summed E-state index contributed by atoms with van der Waals surface area (Å²) in [6.07, 6.45) is 2.14. The van der Waals surface area contributed by atoms with Crippen LogP contribution < -0.4 is 10.1 Å². The number of nitrogens with one attached hydrogen (secondary N) is 1. The molecule has 0 saturated heterocycles. The molecule has 0 radical (unpaired) electrons. The van der Waals surface area contributed by atoms with Crippen LogP contribution in [0.5, 0.6) is 5.75 Å². The molecule has 2 atom stereocenters. The number of fused-ring (bicyclic) bond motifs is 2. The minimum absolute atomic E-state index is 0. The first-order valence-corrected chi connectivity index (χ1v) is 10.2. The Morgan fingerprint density at radius 2 is 2.06 bits per heavy atom.